The largest absolute Gasteiger partial charge is 0.497 e. The van der Waals surface area contributed by atoms with Crippen molar-refractivity contribution in [1.82, 2.24) is 9.62 Å². The van der Waals surface area contributed by atoms with E-state index in [1.54, 1.807) is 36.7 Å². The minimum Gasteiger partial charge on any atom is -0.497 e. The maximum Gasteiger partial charge on any atom is 0.319 e. The lowest BCUT2D eigenvalue weighted by atomic mass is 10.00. The van der Waals surface area contributed by atoms with Gasteiger partial charge >= 0.3 is 6.03 Å². The fraction of sp³-hybridized carbons (Fsp3) is 0.588. The number of carbonyl (C=O) groups excluding carboxylic acids is 1. The van der Waals surface area contributed by atoms with Gasteiger partial charge in [0.15, 0.2) is 0 Å². The number of benzene rings is 1. The van der Waals surface area contributed by atoms with Crippen molar-refractivity contribution in [2.75, 3.05) is 25.8 Å². The van der Waals surface area contributed by atoms with E-state index in [-0.39, 0.29) is 24.2 Å². The molecule has 2 aliphatic heterocycles. The third kappa shape index (κ3) is 4.04. The van der Waals surface area contributed by atoms with Gasteiger partial charge < -0.3 is 20.1 Å². The van der Waals surface area contributed by atoms with Crippen molar-refractivity contribution in [3.8, 4) is 11.5 Å². The van der Waals surface area contributed by atoms with Crippen molar-refractivity contribution >= 4 is 21.7 Å². The molecule has 0 aromatic heterocycles. The van der Waals surface area contributed by atoms with Crippen LogP contribution in [-0.4, -0.2) is 57.4 Å². The first-order chi connectivity index (χ1) is 12.3. The minimum atomic E-state index is -3.20. The number of hydrogen-bond acceptors (Lipinski definition) is 5. The summed E-state index contributed by atoms with van der Waals surface area (Å²) in [4.78, 5) is 12.4. The van der Waals surface area contributed by atoms with Crippen LogP contribution in [0, 0.1) is 0 Å². The summed E-state index contributed by atoms with van der Waals surface area (Å²) in [5.74, 6) is 1.17. The Morgan fingerprint density at radius 3 is 2.08 bits per heavy atom. The van der Waals surface area contributed by atoms with Crippen molar-refractivity contribution in [2.24, 2.45) is 0 Å². The van der Waals surface area contributed by atoms with Gasteiger partial charge in [-0.1, -0.05) is 0 Å². The zero-order valence-corrected chi connectivity index (χ0v) is 16.0. The molecular formula is C17H25N3O5S. The normalized spacial score (nSPS) is 25.6. The van der Waals surface area contributed by atoms with Gasteiger partial charge in [-0.2, -0.15) is 4.31 Å². The highest BCUT2D eigenvalue weighted by atomic mass is 32.2. The standard InChI is InChI=1S/C17H25N3O5S/c1-24-15-8-12(9-16(10-15)25-2)19-17(21)18-11-6-13-4-5-14(7-11)20(13)26(3,22)23/h8-11,13-14H,4-7H2,1-3H3,(H2,18,19,21). The Kier molecular flexibility index (Phi) is 5.29. The van der Waals surface area contributed by atoms with Crippen LogP contribution in [0.1, 0.15) is 25.7 Å². The third-order valence-electron chi connectivity index (χ3n) is 4.99. The molecule has 9 heteroatoms. The highest BCUT2D eigenvalue weighted by molar-refractivity contribution is 7.88. The van der Waals surface area contributed by atoms with Crippen LogP contribution in [0.4, 0.5) is 10.5 Å². The molecule has 2 N–H and O–H groups in total. The van der Waals surface area contributed by atoms with Gasteiger partial charge in [-0.3, -0.25) is 0 Å². The van der Waals surface area contributed by atoms with Gasteiger partial charge in [-0.05, 0) is 25.7 Å². The SMILES string of the molecule is COc1cc(NC(=O)NC2CC3CCC(C2)N3S(C)(=O)=O)cc(OC)c1. The molecule has 26 heavy (non-hydrogen) atoms. The monoisotopic (exact) mass is 383 g/mol. The zero-order chi connectivity index (χ0) is 18.9. The number of piperidine rings is 1. The van der Waals surface area contributed by atoms with E-state index in [0.717, 1.165) is 12.8 Å². The molecule has 1 aromatic carbocycles. The lowest BCUT2D eigenvalue weighted by molar-refractivity contribution is 0.204. The van der Waals surface area contributed by atoms with E-state index in [0.29, 0.717) is 30.0 Å². The first-order valence-electron chi connectivity index (χ1n) is 8.59. The first kappa shape index (κ1) is 18.8. The summed E-state index contributed by atoms with van der Waals surface area (Å²) < 4.78 is 35.9. The number of rotatable bonds is 5. The van der Waals surface area contributed by atoms with Gasteiger partial charge in [0.1, 0.15) is 11.5 Å². The molecule has 2 amide bonds. The number of anilines is 1. The Balaban J connectivity index is 1.62. The van der Waals surface area contributed by atoms with E-state index in [4.69, 9.17) is 9.47 Å². The van der Waals surface area contributed by atoms with Crippen LogP contribution in [0.5, 0.6) is 11.5 Å². The van der Waals surface area contributed by atoms with Crippen LogP contribution in [0.15, 0.2) is 18.2 Å². The van der Waals surface area contributed by atoms with Gasteiger partial charge in [-0.15, -0.1) is 0 Å². The second-order valence-corrected chi connectivity index (χ2v) is 8.73. The quantitative estimate of drug-likeness (QED) is 0.808. The Morgan fingerprint density at radius 2 is 1.62 bits per heavy atom. The van der Waals surface area contributed by atoms with Gasteiger partial charge in [0.2, 0.25) is 10.0 Å². The summed E-state index contributed by atoms with van der Waals surface area (Å²) >= 11 is 0. The Labute approximate surface area is 153 Å². The molecule has 8 nitrogen and oxygen atoms in total. The summed E-state index contributed by atoms with van der Waals surface area (Å²) in [5, 5.41) is 5.75. The molecule has 2 fully saturated rings. The van der Waals surface area contributed by atoms with Crippen LogP contribution < -0.4 is 20.1 Å². The molecular weight excluding hydrogens is 358 g/mol. The molecule has 2 aliphatic rings. The van der Waals surface area contributed by atoms with Gasteiger partial charge in [0.05, 0.1) is 20.5 Å². The molecule has 2 bridgehead atoms. The van der Waals surface area contributed by atoms with E-state index >= 15 is 0 Å². The molecule has 0 radical (unpaired) electrons. The van der Waals surface area contributed by atoms with Crippen molar-refractivity contribution in [1.29, 1.82) is 0 Å². The van der Waals surface area contributed by atoms with Crippen LogP contribution >= 0.6 is 0 Å². The molecule has 3 rings (SSSR count). The van der Waals surface area contributed by atoms with Gasteiger partial charge in [-0.25, -0.2) is 13.2 Å². The summed E-state index contributed by atoms with van der Waals surface area (Å²) in [6.07, 6.45) is 4.24. The predicted molar refractivity (Wildman–Crippen MR) is 98.2 cm³/mol. The zero-order valence-electron chi connectivity index (χ0n) is 15.2. The van der Waals surface area contributed by atoms with E-state index < -0.39 is 10.0 Å². The number of hydrogen-bond donors (Lipinski definition) is 2. The Hall–Kier alpha value is -2.00. The fourth-order valence-electron chi connectivity index (χ4n) is 4.03. The first-order valence-corrected chi connectivity index (χ1v) is 10.4. The van der Waals surface area contributed by atoms with Crippen LogP contribution in [-0.2, 0) is 10.0 Å². The molecule has 0 spiro atoms. The number of amides is 2. The van der Waals surface area contributed by atoms with E-state index in [1.807, 2.05) is 0 Å². The van der Waals surface area contributed by atoms with Crippen LogP contribution in [0.3, 0.4) is 0 Å². The highest BCUT2D eigenvalue weighted by Gasteiger charge is 2.45. The van der Waals surface area contributed by atoms with E-state index in [2.05, 4.69) is 10.6 Å². The smallest absolute Gasteiger partial charge is 0.319 e. The summed E-state index contributed by atoms with van der Waals surface area (Å²) in [7, 11) is -0.109. The average molecular weight is 383 g/mol. The molecule has 2 unspecified atom stereocenters. The number of urea groups is 1. The van der Waals surface area contributed by atoms with Crippen molar-refractivity contribution < 1.29 is 22.7 Å². The number of sulfonamides is 1. The topological polar surface area (TPSA) is 97.0 Å². The molecule has 0 saturated carbocycles. The van der Waals surface area contributed by atoms with Crippen molar-refractivity contribution in [2.45, 2.75) is 43.8 Å². The number of ether oxygens (including phenoxy) is 2. The lowest BCUT2D eigenvalue weighted by Gasteiger charge is -2.37. The number of nitrogens with zero attached hydrogens (tertiary/aromatic N) is 1. The summed E-state index contributed by atoms with van der Waals surface area (Å²) in [5.41, 5.74) is 0.565. The van der Waals surface area contributed by atoms with Gasteiger partial charge in [0, 0.05) is 42.0 Å². The molecule has 1 aromatic rings. The average Bonchev–Trinajstić information content (AvgIpc) is 2.86. The Bertz CT molecular complexity index is 746. The summed E-state index contributed by atoms with van der Waals surface area (Å²) in [6, 6.07) is 4.73. The number of methoxy groups -OCH3 is 2. The molecule has 144 valence electrons. The molecule has 2 saturated heterocycles. The minimum absolute atomic E-state index is 0.0223. The number of carbonyl (C=O) groups is 1. The van der Waals surface area contributed by atoms with E-state index in [1.165, 1.54) is 6.26 Å². The lowest BCUT2D eigenvalue weighted by Crippen LogP contribution is -2.52. The maximum absolute atomic E-state index is 12.4. The molecule has 2 heterocycles. The second-order valence-electron chi connectivity index (χ2n) is 6.85. The molecule has 2 atom stereocenters. The number of fused-ring (bicyclic) bond motifs is 2. The van der Waals surface area contributed by atoms with Gasteiger partial charge in [0.25, 0.3) is 0 Å². The van der Waals surface area contributed by atoms with Crippen LogP contribution in [0.2, 0.25) is 0 Å². The predicted octanol–water partition coefficient (Wildman–Crippen LogP) is 1.78. The third-order valence-corrected chi connectivity index (χ3v) is 6.36. The number of nitrogens with one attached hydrogen (secondary N) is 2. The maximum atomic E-state index is 12.4. The highest BCUT2D eigenvalue weighted by Crippen LogP contribution is 2.37. The molecule has 0 aliphatic carbocycles. The van der Waals surface area contributed by atoms with Crippen molar-refractivity contribution in [3.63, 3.8) is 0 Å². The fourth-order valence-corrected chi connectivity index (χ4v) is 5.49. The van der Waals surface area contributed by atoms with Crippen LogP contribution in [0.25, 0.3) is 0 Å². The van der Waals surface area contributed by atoms with E-state index in [9.17, 15) is 13.2 Å². The second kappa shape index (κ2) is 7.32. The summed E-state index contributed by atoms with van der Waals surface area (Å²) in [6.45, 7) is 0. The Morgan fingerprint density at radius 1 is 1.08 bits per heavy atom. The van der Waals surface area contributed by atoms with Crippen molar-refractivity contribution in [3.05, 3.63) is 18.2 Å².